The molecule has 0 N–H and O–H groups in total. The van der Waals surface area contributed by atoms with Crippen molar-refractivity contribution < 1.29 is 18.3 Å². The third-order valence-electron chi connectivity index (χ3n) is 4.56. The standard InChI is InChI=1S/C20H16F2N2O3S/c21-19(22)27-13-10-8-12(9-11-13)24-18(26)14-4-1-2-5-15(14)23-20(24)28-17-7-3-6-16(17)25/h1-2,4-5,8-11,17,19H,3,6-7H2/t17-/m0/s1. The lowest BCUT2D eigenvalue weighted by molar-refractivity contribution is -0.116. The Morgan fingerprint density at radius 1 is 1.11 bits per heavy atom. The summed E-state index contributed by atoms with van der Waals surface area (Å²) in [7, 11) is 0. The number of Topliss-reactive ketones (excluding diaryl/α,β-unsaturated/α-hetero) is 1. The number of rotatable bonds is 5. The molecule has 0 spiro atoms. The van der Waals surface area contributed by atoms with E-state index < -0.39 is 6.61 Å². The van der Waals surface area contributed by atoms with Crippen LogP contribution in [0.4, 0.5) is 8.78 Å². The number of carbonyl (C=O) groups excluding carboxylic acids is 1. The van der Waals surface area contributed by atoms with Gasteiger partial charge in [-0.25, -0.2) is 4.98 Å². The molecule has 5 nitrogen and oxygen atoms in total. The van der Waals surface area contributed by atoms with E-state index in [1.165, 1.54) is 40.6 Å². The molecule has 1 heterocycles. The summed E-state index contributed by atoms with van der Waals surface area (Å²) in [5.41, 5.74) is 0.744. The zero-order chi connectivity index (χ0) is 19.7. The summed E-state index contributed by atoms with van der Waals surface area (Å²) in [6.45, 7) is -2.92. The smallest absolute Gasteiger partial charge is 0.387 e. The summed E-state index contributed by atoms with van der Waals surface area (Å²) < 4.78 is 30.6. The van der Waals surface area contributed by atoms with Gasteiger partial charge < -0.3 is 4.74 Å². The molecule has 28 heavy (non-hydrogen) atoms. The second kappa shape index (κ2) is 7.71. The van der Waals surface area contributed by atoms with Gasteiger partial charge in [-0.3, -0.25) is 14.2 Å². The van der Waals surface area contributed by atoms with Gasteiger partial charge in [0.25, 0.3) is 5.56 Å². The van der Waals surface area contributed by atoms with E-state index in [4.69, 9.17) is 0 Å². The summed E-state index contributed by atoms with van der Waals surface area (Å²) in [6.07, 6.45) is 2.11. The maximum atomic E-state index is 13.1. The van der Waals surface area contributed by atoms with Gasteiger partial charge in [-0.2, -0.15) is 8.78 Å². The number of thioether (sulfide) groups is 1. The molecule has 0 saturated heterocycles. The molecule has 1 aromatic heterocycles. The molecule has 0 radical (unpaired) electrons. The van der Waals surface area contributed by atoms with Gasteiger partial charge in [-0.1, -0.05) is 23.9 Å². The Morgan fingerprint density at radius 3 is 2.54 bits per heavy atom. The second-order valence-electron chi connectivity index (χ2n) is 6.39. The second-order valence-corrected chi connectivity index (χ2v) is 7.56. The van der Waals surface area contributed by atoms with E-state index in [0.29, 0.717) is 28.2 Å². The van der Waals surface area contributed by atoms with Crippen LogP contribution < -0.4 is 10.3 Å². The third-order valence-corrected chi connectivity index (χ3v) is 5.83. The summed E-state index contributed by atoms with van der Waals surface area (Å²) in [5, 5.41) is 0.615. The molecular weight excluding hydrogens is 386 g/mol. The molecule has 8 heteroatoms. The molecule has 1 atom stereocenters. The Labute approximate surface area is 163 Å². The van der Waals surface area contributed by atoms with Crippen LogP contribution in [0.3, 0.4) is 0 Å². The maximum absolute atomic E-state index is 13.1. The molecule has 144 valence electrons. The maximum Gasteiger partial charge on any atom is 0.387 e. The monoisotopic (exact) mass is 402 g/mol. The number of nitrogens with zero attached hydrogens (tertiary/aromatic N) is 2. The fourth-order valence-electron chi connectivity index (χ4n) is 3.23. The first-order valence-corrected chi connectivity index (χ1v) is 9.67. The van der Waals surface area contributed by atoms with Crippen LogP contribution in [0.25, 0.3) is 16.6 Å². The van der Waals surface area contributed by atoms with Gasteiger partial charge in [0.15, 0.2) is 5.16 Å². The number of ketones is 1. The predicted octanol–water partition coefficient (Wildman–Crippen LogP) is 4.20. The molecule has 0 amide bonds. The largest absolute Gasteiger partial charge is 0.435 e. The molecular formula is C20H16F2N2O3S. The highest BCUT2D eigenvalue weighted by atomic mass is 32.2. The number of hydrogen-bond acceptors (Lipinski definition) is 5. The number of halogens is 2. The van der Waals surface area contributed by atoms with Gasteiger partial charge in [-0.15, -0.1) is 0 Å². The van der Waals surface area contributed by atoms with Crippen molar-refractivity contribution >= 4 is 28.4 Å². The zero-order valence-electron chi connectivity index (χ0n) is 14.7. The van der Waals surface area contributed by atoms with Crippen molar-refractivity contribution in [2.24, 2.45) is 0 Å². The fraction of sp³-hybridized carbons (Fsp3) is 0.250. The lowest BCUT2D eigenvalue weighted by Gasteiger charge is -2.15. The van der Waals surface area contributed by atoms with Gasteiger partial charge in [0, 0.05) is 6.42 Å². The van der Waals surface area contributed by atoms with Crippen molar-refractivity contribution in [1.29, 1.82) is 0 Å². The number of benzene rings is 2. The Kier molecular flexibility index (Phi) is 5.13. The Balaban J connectivity index is 1.82. The minimum Gasteiger partial charge on any atom is -0.435 e. The first kappa shape index (κ1) is 18.6. The Hall–Kier alpha value is -2.74. The molecule has 1 aliphatic rings. The SMILES string of the molecule is O=C1CCC[C@@H]1Sc1nc2ccccc2c(=O)n1-c1ccc(OC(F)F)cc1. The van der Waals surface area contributed by atoms with E-state index in [-0.39, 0.29) is 22.3 Å². The van der Waals surface area contributed by atoms with E-state index in [2.05, 4.69) is 9.72 Å². The normalized spacial score (nSPS) is 16.8. The molecule has 3 aromatic rings. The highest BCUT2D eigenvalue weighted by molar-refractivity contribution is 8.00. The van der Waals surface area contributed by atoms with E-state index in [1.54, 1.807) is 24.3 Å². The topological polar surface area (TPSA) is 61.2 Å². The molecule has 0 bridgehead atoms. The van der Waals surface area contributed by atoms with Crippen molar-refractivity contribution in [2.75, 3.05) is 0 Å². The van der Waals surface area contributed by atoms with Crippen molar-refractivity contribution in [1.82, 2.24) is 9.55 Å². The number of fused-ring (bicyclic) bond motifs is 1. The summed E-state index contributed by atoms with van der Waals surface area (Å²) in [6, 6.07) is 12.8. The van der Waals surface area contributed by atoms with Crippen molar-refractivity contribution in [3.05, 3.63) is 58.9 Å². The van der Waals surface area contributed by atoms with Crippen LogP contribution in [-0.2, 0) is 4.79 Å². The molecule has 0 aliphatic heterocycles. The summed E-state index contributed by atoms with van der Waals surface area (Å²) in [5.74, 6) is 0.153. The lowest BCUT2D eigenvalue weighted by Crippen LogP contribution is -2.23. The van der Waals surface area contributed by atoms with Crippen LogP contribution in [-0.4, -0.2) is 27.2 Å². The zero-order valence-corrected chi connectivity index (χ0v) is 15.5. The highest BCUT2D eigenvalue weighted by Gasteiger charge is 2.27. The number of ether oxygens (including phenoxy) is 1. The molecule has 0 unspecified atom stereocenters. The molecule has 1 fully saturated rings. The van der Waals surface area contributed by atoms with Crippen LogP contribution in [0.5, 0.6) is 5.75 Å². The molecule has 1 saturated carbocycles. The van der Waals surface area contributed by atoms with Crippen LogP contribution in [0.2, 0.25) is 0 Å². The van der Waals surface area contributed by atoms with Crippen LogP contribution in [0.1, 0.15) is 19.3 Å². The van der Waals surface area contributed by atoms with E-state index >= 15 is 0 Å². The quantitative estimate of drug-likeness (QED) is 0.599. The van der Waals surface area contributed by atoms with Gasteiger partial charge in [-0.05, 0) is 49.2 Å². The van der Waals surface area contributed by atoms with E-state index in [0.717, 1.165) is 12.8 Å². The van der Waals surface area contributed by atoms with Crippen molar-refractivity contribution in [3.63, 3.8) is 0 Å². The van der Waals surface area contributed by atoms with Crippen molar-refractivity contribution in [3.8, 4) is 11.4 Å². The summed E-state index contributed by atoms with van der Waals surface area (Å²) in [4.78, 5) is 29.8. The van der Waals surface area contributed by atoms with Gasteiger partial charge >= 0.3 is 6.61 Å². The minimum absolute atomic E-state index is 0.000668. The lowest BCUT2D eigenvalue weighted by atomic mass is 10.2. The van der Waals surface area contributed by atoms with E-state index in [1.807, 2.05) is 0 Å². The van der Waals surface area contributed by atoms with Crippen LogP contribution in [0, 0.1) is 0 Å². The van der Waals surface area contributed by atoms with Gasteiger partial charge in [0.2, 0.25) is 0 Å². The minimum atomic E-state index is -2.92. The molecule has 1 aliphatic carbocycles. The number of carbonyl (C=O) groups is 1. The first-order valence-electron chi connectivity index (χ1n) is 8.79. The number of para-hydroxylation sites is 1. The van der Waals surface area contributed by atoms with Crippen LogP contribution >= 0.6 is 11.8 Å². The highest BCUT2D eigenvalue weighted by Crippen LogP contribution is 2.33. The molecule has 4 rings (SSSR count). The average molecular weight is 402 g/mol. The van der Waals surface area contributed by atoms with Crippen molar-refractivity contribution in [2.45, 2.75) is 36.3 Å². The fourth-order valence-corrected chi connectivity index (χ4v) is 4.46. The number of aromatic nitrogens is 2. The van der Waals surface area contributed by atoms with Gasteiger partial charge in [0.1, 0.15) is 11.5 Å². The Bertz CT molecular complexity index is 1080. The van der Waals surface area contributed by atoms with Gasteiger partial charge in [0.05, 0.1) is 21.8 Å². The summed E-state index contributed by atoms with van der Waals surface area (Å²) >= 11 is 1.28. The third kappa shape index (κ3) is 3.64. The average Bonchev–Trinajstić information content (AvgIpc) is 3.07. The van der Waals surface area contributed by atoms with Crippen LogP contribution in [0.15, 0.2) is 58.5 Å². The number of alkyl halides is 2. The Morgan fingerprint density at radius 2 is 1.86 bits per heavy atom. The first-order chi connectivity index (χ1) is 13.5. The molecule has 2 aromatic carbocycles. The number of hydrogen-bond donors (Lipinski definition) is 0. The predicted molar refractivity (Wildman–Crippen MR) is 102 cm³/mol. The van der Waals surface area contributed by atoms with E-state index in [9.17, 15) is 18.4 Å².